The molecule has 0 spiro atoms. The number of hydrogen-bond donors (Lipinski definition) is 1. The maximum atomic E-state index is 4.63. The predicted molar refractivity (Wildman–Crippen MR) is 68.2 cm³/mol. The molecule has 2 aliphatic rings. The zero-order valence-electron chi connectivity index (χ0n) is 9.78. The van der Waals surface area contributed by atoms with Crippen molar-refractivity contribution >= 4 is 16.5 Å². The van der Waals surface area contributed by atoms with E-state index < -0.39 is 0 Å². The average Bonchev–Trinajstić information content (AvgIpc) is 2.96. The highest BCUT2D eigenvalue weighted by molar-refractivity contribution is 7.13. The van der Waals surface area contributed by atoms with Crippen molar-refractivity contribution in [3.05, 3.63) is 11.1 Å². The Morgan fingerprint density at radius 1 is 1.44 bits per heavy atom. The zero-order chi connectivity index (χ0) is 11.0. The first-order valence-corrected chi connectivity index (χ1v) is 7.15. The molecule has 0 amide bonds. The van der Waals surface area contributed by atoms with Crippen molar-refractivity contribution in [2.24, 2.45) is 0 Å². The first-order chi connectivity index (χ1) is 7.84. The predicted octanol–water partition coefficient (Wildman–Crippen LogP) is 2.17. The monoisotopic (exact) mass is 237 g/mol. The molecule has 0 saturated carbocycles. The largest absolute Gasteiger partial charge is 0.344 e. The fourth-order valence-electron chi connectivity index (χ4n) is 2.96. The first-order valence-electron chi connectivity index (χ1n) is 6.27. The lowest BCUT2D eigenvalue weighted by atomic mass is 10.0. The number of rotatable bonds is 2. The second kappa shape index (κ2) is 4.34. The van der Waals surface area contributed by atoms with Crippen LogP contribution < -0.4 is 10.2 Å². The number of nitrogens with zero attached hydrogens (tertiary/aromatic N) is 2. The van der Waals surface area contributed by atoms with Crippen molar-refractivity contribution in [2.45, 2.75) is 44.7 Å². The van der Waals surface area contributed by atoms with Crippen molar-refractivity contribution in [3.8, 4) is 0 Å². The third-order valence-electron chi connectivity index (χ3n) is 3.71. The molecule has 0 radical (unpaired) electrons. The van der Waals surface area contributed by atoms with Gasteiger partial charge in [-0.3, -0.25) is 0 Å². The summed E-state index contributed by atoms with van der Waals surface area (Å²) in [4.78, 5) is 7.16. The van der Waals surface area contributed by atoms with Crippen molar-refractivity contribution < 1.29 is 0 Å². The second-order valence-corrected chi connectivity index (χ2v) is 5.71. The molecule has 3 nitrogen and oxygen atoms in total. The van der Waals surface area contributed by atoms with Crippen LogP contribution in [-0.4, -0.2) is 30.2 Å². The number of thiazole rings is 1. The van der Waals surface area contributed by atoms with Crippen LogP contribution >= 0.6 is 11.3 Å². The van der Waals surface area contributed by atoms with Gasteiger partial charge in [0.05, 0.1) is 5.69 Å². The minimum absolute atomic E-state index is 0.688. The van der Waals surface area contributed by atoms with Gasteiger partial charge >= 0.3 is 0 Å². The molecule has 3 heterocycles. The van der Waals surface area contributed by atoms with E-state index in [1.807, 2.05) is 0 Å². The summed E-state index contributed by atoms with van der Waals surface area (Å²) in [6, 6.07) is 1.39. The van der Waals surface area contributed by atoms with Crippen LogP contribution in [0, 0.1) is 6.92 Å². The van der Waals surface area contributed by atoms with E-state index in [0.29, 0.717) is 12.1 Å². The van der Waals surface area contributed by atoms with Crippen molar-refractivity contribution in [1.29, 1.82) is 0 Å². The summed E-state index contributed by atoms with van der Waals surface area (Å²) in [5.41, 5.74) is 1.16. The molecule has 2 fully saturated rings. The zero-order valence-corrected chi connectivity index (χ0v) is 10.6. The quantitative estimate of drug-likeness (QED) is 0.854. The van der Waals surface area contributed by atoms with E-state index >= 15 is 0 Å². The van der Waals surface area contributed by atoms with Crippen LogP contribution in [0.4, 0.5) is 5.13 Å². The fourth-order valence-corrected chi connectivity index (χ4v) is 3.85. The van der Waals surface area contributed by atoms with Gasteiger partial charge in [0.2, 0.25) is 0 Å². The molecule has 2 atom stereocenters. The third kappa shape index (κ3) is 1.84. The highest BCUT2D eigenvalue weighted by atomic mass is 32.1. The molecule has 1 aromatic heterocycles. The summed E-state index contributed by atoms with van der Waals surface area (Å²) in [5, 5.41) is 7.03. The van der Waals surface area contributed by atoms with Gasteiger partial charge < -0.3 is 10.2 Å². The second-order valence-electron chi connectivity index (χ2n) is 4.88. The summed E-state index contributed by atoms with van der Waals surface area (Å²) in [6.45, 7) is 4.47. The van der Waals surface area contributed by atoms with Gasteiger partial charge in [-0.25, -0.2) is 4.98 Å². The molecule has 2 saturated heterocycles. The molecule has 16 heavy (non-hydrogen) atoms. The normalized spacial score (nSPS) is 30.2. The summed E-state index contributed by atoms with van der Waals surface area (Å²) in [7, 11) is 0. The van der Waals surface area contributed by atoms with Crippen LogP contribution in [0.1, 0.15) is 31.4 Å². The van der Waals surface area contributed by atoms with Gasteiger partial charge in [0, 0.05) is 24.0 Å². The van der Waals surface area contributed by atoms with E-state index in [9.17, 15) is 0 Å². The van der Waals surface area contributed by atoms with Crippen LogP contribution in [0.5, 0.6) is 0 Å². The van der Waals surface area contributed by atoms with E-state index in [2.05, 4.69) is 27.5 Å². The molecular weight excluding hydrogens is 218 g/mol. The lowest BCUT2D eigenvalue weighted by Gasteiger charge is -2.29. The SMILES string of the molecule is Cc1csc(N2CCCC2C2CCCN2)n1. The van der Waals surface area contributed by atoms with E-state index in [0.717, 1.165) is 5.69 Å². The van der Waals surface area contributed by atoms with Crippen LogP contribution in [0.15, 0.2) is 5.38 Å². The highest BCUT2D eigenvalue weighted by Crippen LogP contribution is 2.31. The summed E-state index contributed by atoms with van der Waals surface area (Å²) < 4.78 is 0. The van der Waals surface area contributed by atoms with Gasteiger partial charge in [0.1, 0.15) is 0 Å². The topological polar surface area (TPSA) is 28.2 Å². The minimum atomic E-state index is 0.688. The standard InChI is InChI=1S/C12H19N3S/c1-9-8-16-12(14-9)15-7-3-5-11(15)10-4-2-6-13-10/h8,10-11,13H,2-7H2,1H3. The number of aromatic nitrogens is 1. The lowest BCUT2D eigenvalue weighted by Crippen LogP contribution is -2.44. The Hall–Kier alpha value is -0.610. The van der Waals surface area contributed by atoms with Crippen molar-refractivity contribution in [3.63, 3.8) is 0 Å². The van der Waals surface area contributed by atoms with Crippen LogP contribution in [0.2, 0.25) is 0 Å². The van der Waals surface area contributed by atoms with Gasteiger partial charge in [-0.05, 0) is 39.2 Å². The molecule has 1 N–H and O–H groups in total. The Morgan fingerprint density at radius 2 is 2.38 bits per heavy atom. The summed E-state index contributed by atoms with van der Waals surface area (Å²) in [6.07, 6.45) is 5.33. The highest BCUT2D eigenvalue weighted by Gasteiger charge is 2.34. The van der Waals surface area contributed by atoms with E-state index in [4.69, 9.17) is 0 Å². The Labute approximate surface area is 101 Å². The first kappa shape index (κ1) is 10.5. The molecule has 0 bridgehead atoms. The number of hydrogen-bond acceptors (Lipinski definition) is 4. The van der Waals surface area contributed by atoms with Gasteiger partial charge in [-0.2, -0.15) is 0 Å². The van der Waals surface area contributed by atoms with Crippen LogP contribution in [0.3, 0.4) is 0 Å². The minimum Gasteiger partial charge on any atom is -0.344 e. The van der Waals surface area contributed by atoms with E-state index in [1.165, 1.54) is 43.9 Å². The Balaban J connectivity index is 1.78. The number of anilines is 1. The average molecular weight is 237 g/mol. The van der Waals surface area contributed by atoms with Crippen LogP contribution in [-0.2, 0) is 0 Å². The Morgan fingerprint density at radius 3 is 3.06 bits per heavy atom. The van der Waals surface area contributed by atoms with E-state index in [1.54, 1.807) is 11.3 Å². The number of nitrogens with one attached hydrogen (secondary N) is 1. The van der Waals surface area contributed by atoms with Gasteiger partial charge in [-0.15, -0.1) is 11.3 Å². The smallest absolute Gasteiger partial charge is 0.185 e. The third-order valence-corrected chi connectivity index (χ3v) is 4.71. The van der Waals surface area contributed by atoms with Gasteiger partial charge in [0.15, 0.2) is 5.13 Å². The Kier molecular flexibility index (Phi) is 2.86. The summed E-state index contributed by atoms with van der Waals surface area (Å²) >= 11 is 1.80. The van der Waals surface area contributed by atoms with Crippen molar-refractivity contribution in [2.75, 3.05) is 18.0 Å². The molecule has 2 unspecified atom stereocenters. The van der Waals surface area contributed by atoms with Crippen molar-refractivity contribution in [1.82, 2.24) is 10.3 Å². The fraction of sp³-hybridized carbons (Fsp3) is 0.750. The van der Waals surface area contributed by atoms with Crippen LogP contribution in [0.25, 0.3) is 0 Å². The molecule has 88 valence electrons. The number of aryl methyl sites for hydroxylation is 1. The Bertz CT molecular complexity index is 357. The molecular formula is C12H19N3S. The van der Waals surface area contributed by atoms with Gasteiger partial charge in [-0.1, -0.05) is 0 Å². The van der Waals surface area contributed by atoms with Gasteiger partial charge in [0.25, 0.3) is 0 Å². The molecule has 0 aliphatic carbocycles. The summed E-state index contributed by atoms with van der Waals surface area (Å²) in [5.74, 6) is 0. The molecule has 1 aromatic rings. The maximum Gasteiger partial charge on any atom is 0.185 e. The molecule has 4 heteroatoms. The molecule has 0 aromatic carbocycles. The lowest BCUT2D eigenvalue weighted by molar-refractivity contribution is 0.482. The van der Waals surface area contributed by atoms with E-state index in [-0.39, 0.29) is 0 Å². The molecule has 3 rings (SSSR count). The maximum absolute atomic E-state index is 4.63. The molecule has 2 aliphatic heterocycles.